The minimum absolute atomic E-state index is 0.00372. The van der Waals surface area contributed by atoms with Gasteiger partial charge in [0, 0.05) is 6.42 Å². The summed E-state index contributed by atoms with van der Waals surface area (Å²) in [4.78, 5) is 15.0. The lowest BCUT2D eigenvalue weighted by Crippen LogP contribution is -2.32. The smallest absolute Gasteiger partial charge is 0.349 e. The van der Waals surface area contributed by atoms with Crippen molar-refractivity contribution in [2.45, 2.75) is 32.0 Å². The summed E-state index contributed by atoms with van der Waals surface area (Å²) < 4.78 is 36.8. The van der Waals surface area contributed by atoms with Crippen LogP contribution in [0.3, 0.4) is 0 Å². The van der Waals surface area contributed by atoms with Crippen LogP contribution in [-0.2, 0) is 17.5 Å². The van der Waals surface area contributed by atoms with Crippen molar-refractivity contribution in [1.29, 1.82) is 0 Å². The Hall–Kier alpha value is -1.64. The molecule has 2 rings (SSSR count). The van der Waals surface area contributed by atoms with Gasteiger partial charge in [-0.25, -0.2) is 4.98 Å². The zero-order chi connectivity index (χ0) is 14.6. The van der Waals surface area contributed by atoms with Gasteiger partial charge >= 0.3 is 6.18 Å². The van der Waals surface area contributed by atoms with Gasteiger partial charge in [-0.1, -0.05) is 0 Å². The Morgan fingerprint density at radius 1 is 1.35 bits per heavy atom. The van der Waals surface area contributed by atoms with Crippen LogP contribution < -0.4 is 10.6 Å². The van der Waals surface area contributed by atoms with Gasteiger partial charge in [0.15, 0.2) is 0 Å². The molecule has 0 aromatic carbocycles. The molecule has 1 aliphatic heterocycles. The molecule has 0 unspecified atom stereocenters. The van der Waals surface area contributed by atoms with Crippen molar-refractivity contribution in [3.05, 3.63) is 11.6 Å². The van der Waals surface area contributed by atoms with E-state index in [1.165, 1.54) is 0 Å². The van der Waals surface area contributed by atoms with E-state index < -0.39 is 12.0 Å². The Labute approximate surface area is 113 Å². The zero-order valence-electron chi connectivity index (χ0n) is 10.8. The van der Waals surface area contributed by atoms with Crippen LogP contribution in [-0.4, -0.2) is 34.2 Å². The number of aromatic amines is 1. The number of nitrogens with zero attached hydrogens (tertiary/aromatic N) is 2. The molecule has 2 heterocycles. The number of alkyl halides is 3. The number of amides is 1. The van der Waals surface area contributed by atoms with Crippen molar-refractivity contribution in [3.63, 3.8) is 0 Å². The largest absolute Gasteiger partial charge is 0.453 e. The predicted molar refractivity (Wildman–Crippen MR) is 63.4 cm³/mol. The van der Waals surface area contributed by atoms with Gasteiger partial charge in [0.05, 0.1) is 6.54 Å². The molecule has 1 fully saturated rings. The zero-order valence-corrected chi connectivity index (χ0v) is 10.8. The number of hydrogen-bond acceptors (Lipinski definition) is 4. The van der Waals surface area contributed by atoms with Gasteiger partial charge in [-0.3, -0.25) is 9.89 Å². The van der Waals surface area contributed by atoms with E-state index in [0.29, 0.717) is 12.3 Å². The summed E-state index contributed by atoms with van der Waals surface area (Å²) in [6.07, 6.45) is -2.31. The highest BCUT2D eigenvalue weighted by Crippen LogP contribution is 2.25. The number of aromatic nitrogens is 3. The fourth-order valence-electron chi connectivity index (χ4n) is 2.10. The van der Waals surface area contributed by atoms with Crippen LogP contribution in [0.5, 0.6) is 0 Å². The average Bonchev–Trinajstić information content (AvgIpc) is 2.86. The number of carbonyl (C=O) groups excluding carboxylic acids is 1. The van der Waals surface area contributed by atoms with Crippen LogP contribution in [0.4, 0.5) is 13.2 Å². The first kappa shape index (κ1) is 14.8. The van der Waals surface area contributed by atoms with Crippen molar-refractivity contribution < 1.29 is 18.0 Å². The maximum atomic E-state index is 12.3. The molecule has 9 heteroatoms. The molecule has 0 spiro atoms. The molecule has 1 aromatic heterocycles. The number of hydrogen-bond donors (Lipinski definition) is 3. The molecule has 1 aromatic rings. The maximum absolute atomic E-state index is 12.3. The maximum Gasteiger partial charge on any atom is 0.453 e. The number of halogens is 3. The van der Waals surface area contributed by atoms with E-state index in [9.17, 15) is 18.0 Å². The lowest BCUT2D eigenvalue weighted by Gasteiger charge is -2.21. The van der Waals surface area contributed by atoms with Gasteiger partial charge in [-0.15, -0.1) is 5.10 Å². The first-order valence-corrected chi connectivity index (χ1v) is 6.41. The second-order valence-electron chi connectivity index (χ2n) is 4.78. The number of nitrogens with one attached hydrogen (secondary N) is 3. The summed E-state index contributed by atoms with van der Waals surface area (Å²) in [5.74, 6) is -1.07. The lowest BCUT2D eigenvalue weighted by molar-refractivity contribution is -0.144. The Bertz CT molecular complexity index is 453. The first-order chi connectivity index (χ1) is 9.45. The number of piperidine rings is 1. The molecule has 1 amide bonds. The molecule has 0 bridgehead atoms. The summed E-state index contributed by atoms with van der Waals surface area (Å²) in [6, 6.07) is 0. The van der Waals surface area contributed by atoms with Crippen LogP contribution >= 0.6 is 0 Å². The predicted octanol–water partition coefficient (Wildman–Crippen LogP) is 0.829. The van der Waals surface area contributed by atoms with E-state index in [1.54, 1.807) is 0 Å². The number of rotatable bonds is 4. The van der Waals surface area contributed by atoms with Crippen LogP contribution in [0, 0.1) is 5.92 Å². The van der Waals surface area contributed by atoms with Crippen molar-refractivity contribution in [1.82, 2.24) is 25.8 Å². The fourth-order valence-corrected chi connectivity index (χ4v) is 2.10. The molecule has 0 aliphatic carbocycles. The topological polar surface area (TPSA) is 82.7 Å². The van der Waals surface area contributed by atoms with E-state index in [1.807, 2.05) is 0 Å². The van der Waals surface area contributed by atoms with Gasteiger partial charge in [-0.05, 0) is 31.8 Å². The van der Waals surface area contributed by atoms with Gasteiger partial charge in [0.1, 0.15) is 5.82 Å². The van der Waals surface area contributed by atoms with Gasteiger partial charge < -0.3 is 10.6 Å². The summed E-state index contributed by atoms with van der Waals surface area (Å²) in [6.45, 7) is 1.72. The third-order valence-corrected chi connectivity index (χ3v) is 3.17. The molecule has 0 radical (unpaired) electrons. The molecule has 0 atom stereocenters. The van der Waals surface area contributed by atoms with Crippen molar-refractivity contribution in [2.75, 3.05) is 13.1 Å². The second kappa shape index (κ2) is 6.21. The SMILES string of the molecule is O=C(CC1CCNCC1)NCc1nc(C(F)(F)F)n[nH]1. The molecular weight excluding hydrogens is 275 g/mol. The fraction of sp³-hybridized carbons (Fsp3) is 0.727. The number of carbonyl (C=O) groups is 1. The van der Waals surface area contributed by atoms with E-state index in [0.717, 1.165) is 25.9 Å². The van der Waals surface area contributed by atoms with Crippen molar-refractivity contribution in [3.8, 4) is 0 Å². The van der Waals surface area contributed by atoms with Crippen LogP contribution in [0.25, 0.3) is 0 Å². The minimum Gasteiger partial charge on any atom is -0.349 e. The highest BCUT2D eigenvalue weighted by Gasteiger charge is 2.36. The molecule has 1 saturated heterocycles. The minimum atomic E-state index is -4.58. The normalized spacial score (nSPS) is 17.1. The molecule has 6 nitrogen and oxygen atoms in total. The standard InChI is InChI=1S/C11H16F3N5O/c12-11(13,14)10-17-8(18-19-10)6-16-9(20)5-7-1-3-15-4-2-7/h7,15H,1-6H2,(H,16,20)(H,17,18,19). The average molecular weight is 291 g/mol. The third-order valence-electron chi connectivity index (χ3n) is 3.17. The Kier molecular flexibility index (Phi) is 4.58. The van der Waals surface area contributed by atoms with Crippen LogP contribution in [0.1, 0.15) is 30.9 Å². The quantitative estimate of drug-likeness (QED) is 0.767. The van der Waals surface area contributed by atoms with E-state index in [-0.39, 0.29) is 18.3 Å². The monoisotopic (exact) mass is 291 g/mol. The van der Waals surface area contributed by atoms with Gasteiger partial charge in [-0.2, -0.15) is 13.2 Å². The molecular formula is C11H16F3N5O. The van der Waals surface area contributed by atoms with Crippen molar-refractivity contribution in [2.24, 2.45) is 5.92 Å². The van der Waals surface area contributed by atoms with Crippen molar-refractivity contribution >= 4 is 5.91 Å². The molecule has 1 aliphatic rings. The summed E-state index contributed by atoms with van der Waals surface area (Å²) in [5.41, 5.74) is 0. The van der Waals surface area contributed by atoms with E-state index >= 15 is 0 Å². The Morgan fingerprint density at radius 3 is 2.65 bits per heavy atom. The summed E-state index contributed by atoms with van der Waals surface area (Å²) in [7, 11) is 0. The highest BCUT2D eigenvalue weighted by atomic mass is 19.4. The molecule has 112 valence electrons. The molecule has 20 heavy (non-hydrogen) atoms. The lowest BCUT2D eigenvalue weighted by atomic mass is 9.94. The Balaban J connectivity index is 1.76. The highest BCUT2D eigenvalue weighted by molar-refractivity contribution is 5.76. The van der Waals surface area contributed by atoms with Crippen LogP contribution in [0.2, 0.25) is 0 Å². The molecule has 3 N–H and O–H groups in total. The first-order valence-electron chi connectivity index (χ1n) is 6.41. The molecule has 0 saturated carbocycles. The summed E-state index contributed by atoms with van der Waals surface area (Å²) in [5, 5.41) is 11.0. The van der Waals surface area contributed by atoms with Gasteiger partial charge in [0.25, 0.3) is 5.82 Å². The summed E-state index contributed by atoms with van der Waals surface area (Å²) >= 11 is 0. The van der Waals surface area contributed by atoms with Crippen LogP contribution in [0.15, 0.2) is 0 Å². The Morgan fingerprint density at radius 2 is 2.05 bits per heavy atom. The third kappa shape index (κ3) is 4.19. The van der Waals surface area contributed by atoms with E-state index in [2.05, 4.69) is 25.8 Å². The number of H-pyrrole nitrogens is 1. The second-order valence-corrected chi connectivity index (χ2v) is 4.78. The van der Waals surface area contributed by atoms with Gasteiger partial charge in [0.2, 0.25) is 5.91 Å². The van der Waals surface area contributed by atoms with E-state index in [4.69, 9.17) is 0 Å².